The highest BCUT2D eigenvalue weighted by atomic mass is 35.5. The first-order chi connectivity index (χ1) is 9.54. The van der Waals surface area contributed by atoms with Gasteiger partial charge in [-0.2, -0.15) is 0 Å². The molecule has 4 nitrogen and oxygen atoms in total. The molecule has 0 saturated carbocycles. The monoisotopic (exact) mass is 306 g/mol. The molecular weight excluding hydrogens is 299 g/mol. The number of carbonyl (C=O) groups is 1. The molecule has 6 heteroatoms. The van der Waals surface area contributed by atoms with E-state index in [0.717, 1.165) is 0 Å². The maximum atomic E-state index is 11.1. The molecule has 1 heterocycles. The van der Waals surface area contributed by atoms with Crippen molar-refractivity contribution in [3.8, 4) is 11.5 Å². The van der Waals surface area contributed by atoms with E-state index in [1.807, 2.05) is 0 Å². The highest BCUT2D eigenvalue weighted by molar-refractivity contribution is 6.35. The molecule has 100 valence electrons. The molecule has 2 N–H and O–H groups in total. The van der Waals surface area contributed by atoms with Gasteiger partial charge in [0.2, 0.25) is 11.8 Å². The SMILES string of the molecule is NC(=O)c1ccc2oc(-c3cc(Cl)ccc3Cl)nc2c1. The van der Waals surface area contributed by atoms with Gasteiger partial charge in [0.05, 0.1) is 10.6 Å². The number of hydrogen-bond donors (Lipinski definition) is 1. The zero-order valence-electron chi connectivity index (χ0n) is 10.1. The van der Waals surface area contributed by atoms with Gasteiger partial charge in [0, 0.05) is 10.6 Å². The molecule has 3 rings (SSSR count). The van der Waals surface area contributed by atoms with Crippen LogP contribution in [0.2, 0.25) is 10.0 Å². The summed E-state index contributed by atoms with van der Waals surface area (Å²) in [7, 11) is 0. The molecule has 0 atom stereocenters. The van der Waals surface area contributed by atoms with Gasteiger partial charge in [-0.1, -0.05) is 23.2 Å². The lowest BCUT2D eigenvalue weighted by atomic mass is 10.2. The Morgan fingerprint density at radius 2 is 1.95 bits per heavy atom. The van der Waals surface area contributed by atoms with Gasteiger partial charge in [-0.15, -0.1) is 0 Å². The summed E-state index contributed by atoms with van der Waals surface area (Å²) < 4.78 is 5.62. The third-order valence-corrected chi connectivity index (χ3v) is 3.40. The van der Waals surface area contributed by atoms with Crippen molar-refractivity contribution in [2.75, 3.05) is 0 Å². The molecule has 20 heavy (non-hydrogen) atoms. The van der Waals surface area contributed by atoms with Crippen LogP contribution in [0, 0.1) is 0 Å². The van der Waals surface area contributed by atoms with E-state index < -0.39 is 5.91 Å². The third-order valence-electron chi connectivity index (χ3n) is 2.83. The minimum atomic E-state index is -0.516. The van der Waals surface area contributed by atoms with Gasteiger partial charge in [0.1, 0.15) is 5.52 Å². The molecule has 0 saturated heterocycles. The first kappa shape index (κ1) is 13.0. The molecule has 0 aliphatic carbocycles. The summed E-state index contributed by atoms with van der Waals surface area (Å²) in [5.74, 6) is -0.175. The second-order valence-electron chi connectivity index (χ2n) is 4.19. The molecular formula is C14H8Cl2N2O2. The summed E-state index contributed by atoms with van der Waals surface area (Å²) in [5.41, 5.74) is 7.27. The van der Waals surface area contributed by atoms with Gasteiger partial charge >= 0.3 is 0 Å². The van der Waals surface area contributed by atoms with Crippen molar-refractivity contribution < 1.29 is 9.21 Å². The van der Waals surface area contributed by atoms with Gasteiger partial charge in [0.15, 0.2) is 5.58 Å². The fourth-order valence-electron chi connectivity index (χ4n) is 1.86. The van der Waals surface area contributed by atoms with Gasteiger partial charge < -0.3 is 10.2 Å². The highest BCUT2D eigenvalue weighted by Gasteiger charge is 2.13. The number of nitrogens with two attached hydrogens (primary N) is 1. The Hall–Kier alpha value is -2.04. The number of fused-ring (bicyclic) bond motifs is 1. The number of rotatable bonds is 2. The van der Waals surface area contributed by atoms with Crippen molar-refractivity contribution in [2.45, 2.75) is 0 Å². The van der Waals surface area contributed by atoms with E-state index in [1.54, 1.807) is 36.4 Å². The molecule has 2 aromatic carbocycles. The first-order valence-corrected chi connectivity index (χ1v) is 6.46. The van der Waals surface area contributed by atoms with E-state index in [2.05, 4.69) is 4.98 Å². The van der Waals surface area contributed by atoms with E-state index in [0.29, 0.717) is 38.2 Å². The van der Waals surface area contributed by atoms with Crippen LogP contribution in [-0.4, -0.2) is 10.9 Å². The zero-order chi connectivity index (χ0) is 14.3. The van der Waals surface area contributed by atoms with Crippen molar-refractivity contribution in [1.29, 1.82) is 0 Å². The van der Waals surface area contributed by atoms with Gasteiger partial charge in [-0.05, 0) is 36.4 Å². The Labute approximate surface area is 124 Å². The molecule has 1 amide bonds. The smallest absolute Gasteiger partial charge is 0.248 e. The number of aromatic nitrogens is 1. The molecule has 0 bridgehead atoms. The average Bonchev–Trinajstić information content (AvgIpc) is 2.83. The summed E-state index contributed by atoms with van der Waals surface area (Å²) in [6.07, 6.45) is 0. The largest absolute Gasteiger partial charge is 0.436 e. The van der Waals surface area contributed by atoms with Crippen LogP contribution < -0.4 is 5.73 Å². The Balaban J connectivity index is 2.17. The molecule has 0 aliphatic rings. The third kappa shape index (κ3) is 2.24. The molecule has 3 aromatic rings. The molecule has 1 aromatic heterocycles. The van der Waals surface area contributed by atoms with Crippen molar-refractivity contribution in [3.05, 3.63) is 52.0 Å². The fourth-order valence-corrected chi connectivity index (χ4v) is 2.23. The van der Waals surface area contributed by atoms with Crippen LogP contribution in [0.4, 0.5) is 0 Å². The van der Waals surface area contributed by atoms with Crippen LogP contribution >= 0.6 is 23.2 Å². The van der Waals surface area contributed by atoms with Crippen LogP contribution in [0.3, 0.4) is 0 Å². The van der Waals surface area contributed by atoms with E-state index in [1.165, 1.54) is 0 Å². The van der Waals surface area contributed by atoms with Gasteiger partial charge in [-0.25, -0.2) is 4.98 Å². The number of carbonyl (C=O) groups excluding carboxylic acids is 1. The van der Waals surface area contributed by atoms with Crippen molar-refractivity contribution in [2.24, 2.45) is 5.73 Å². The number of amides is 1. The van der Waals surface area contributed by atoms with E-state index in [4.69, 9.17) is 33.4 Å². The average molecular weight is 307 g/mol. The van der Waals surface area contributed by atoms with Crippen LogP contribution in [0.25, 0.3) is 22.6 Å². The summed E-state index contributed by atoms with van der Waals surface area (Å²) >= 11 is 12.1. The Morgan fingerprint density at radius 1 is 1.15 bits per heavy atom. The minimum Gasteiger partial charge on any atom is -0.436 e. The van der Waals surface area contributed by atoms with E-state index >= 15 is 0 Å². The number of oxazole rings is 1. The fraction of sp³-hybridized carbons (Fsp3) is 0. The van der Waals surface area contributed by atoms with Crippen LogP contribution in [0.1, 0.15) is 10.4 Å². The Kier molecular flexibility index (Phi) is 3.12. The maximum Gasteiger partial charge on any atom is 0.248 e. The lowest BCUT2D eigenvalue weighted by molar-refractivity contribution is 0.100. The summed E-state index contributed by atoms with van der Waals surface area (Å²) in [5, 5.41) is 1.01. The van der Waals surface area contributed by atoms with E-state index in [-0.39, 0.29) is 0 Å². The highest BCUT2D eigenvalue weighted by Crippen LogP contribution is 2.32. The van der Waals surface area contributed by atoms with Crippen LogP contribution in [-0.2, 0) is 0 Å². The standard InChI is InChI=1S/C14H8Cl2N2O2/c15-8-2-3-10(16)9(6-8)14-18-11-5-7(13(17)19)1-4-12(11)20-14/h1-6H,(H2,17,19). The lowest BCUT2D eigenvalue weighted by Crippen LogP contribution is -2.10. The number of halogens is 2. The summed E-state index contributed by atoms with van der Waals surface area (Å²) in [6.45, 7) is 0. The van der Waals surface area contributed by atoms with Crippen molar-refractivity contribution in [3.63, 3.8) is 0 Å². The molecule has 0 fully saturated rings. The van der Waals surface area contributed by atoms with Crippen LogP contribution in [0.15, 0.2) is 40.8 Å². The zero-order valence-corrected chi connectivity index (χ0v) is 11.6. The molecule has 0 radical (unpaired) electrons. The predicted octanol–water partition coefficient (Wildman–Crippen LogP) is 3.90. The lowest BCUT2D eigenvalue weighted by Gasteiger charge is -1.99. The predicted molar refractivity (Wildman–Crippen MR) is 78.0 cm³/mol. The number of primary amides is 1. The minimum absolute atomic E-state index is 0.342. The number of hydrogen-bond acceptors (Lipinski definition) is 3. The summed E-state index contributed by atoms with van der Waals surface area (Å²) in [4.78, 5) is 15.5. The van der Waals surface area contributed by atoms with Gasteiger partial charge in [0.25, 0.3) is 0 Å². The van der Waals surface area contributed by atoms with Crippen molar-refractivity contribution in [1.82, 2.24) is 4.98 Å². The van der Waals surface area contributed by atoms with Gasteiger partial charge in [-0.3, -0.25) is 4.79 Å². The second-order valence-corrected chi connectivity index (χ2v) is 5.03. The Morgan fingerprint density at radius 3 is 2.70 bits per heavy atom. The number of benzene rings is 2. The molecule has 0 aliphatic heterocycles. The summed E-state index contributed by atoms with van der Waals surface area (Å²) in [6, 6.07) is 9.82. The molecule has 0 spiro atoms. The van der Waals surface area contributed by atoms with Crippen molar-refractivity contribution >= 4 is 40.2 Å². The Bertz CT molecular complexity index is 827. The van der Waals surface area contributed by atoms with E-state index in [9.17, 15) is 4.79 Å². The second kappa shape index (κ2) is 4.81. The first-order valence-electron chi connectivity index (χ1n) is 5.70. The quantitative estimate of drug-likeness (QED) is 0.780. The normalized spacial score (nSPS) is 10.9. The number of nitrogens with zero attached hydrogens (tertiary/aromatic N) is 1. The topological polar surface area (TPSA) is 69.1 Å². The molecule has 0 unspecified atom stereocenters. The van der Waals surface area contributed by atoms with Crippen LogP contribution in [0.5, 0.6) is 0 Å². The maximum absolute atomic E-state index is 11.1.